The van der Waals surface area contributed by atoms with Crippen LogP contribution in [0, 0.1) is 0 Å². The first-order valence-corrected chi connectivity index (χ1v) is 10.1. The highest BCUT2D eigenvalue weighted by atomic mass is 16.3. The molecular formula is C22H26N4O4. The molecule has 0 saturated carbocycles. The molecule has 3 rings (SSSR count). The Labute approximate surface area is 174 Å². The Bertz CT molecular complexity index is 1070. The van der Waals surface area contributed by atoms with Crippen molar-refractivity contribution in [1.82, 2.24) is 20.4 Å². The Hall–Kier alpha value is -3.42. The average Bonchev–Trinajstić information content (AvgIpc) is 3.27. The number of carbonyl (C=O) groups excluding carboxylic acids is 2. The van der Waals surface area contributed by atoms with Crippen LogP contribution >= 0.6 is 0 Å². The monoisotopic (exact) mass is 410 g/mol. The van der Waals surface area contributed by atoms with Crippen molar-refractivity contribution in [1.29, 1.82) is 0 Å². The van der Waals surface area contributed by atoms with E-state index >= 15 is 0 Å². The van der Waals surface area contributed by atoms with Crippen LogP contribution in [0.4, 0.5) is 0 Å². The molecule has 0 bridgehead atoms. The number of nitrogens with one attached hydrogen (secondary N) is 2. The first-order chi connectivity index (χ1) is 14.5. The third-order valence-corrected chi connectivity index (χ3v) is 4.81. The Morgan fingerprint density at radius 2 is 1.90 bits per heavy atom. The second kappa shape index (κ2) is 9.87. The first kappa shape index (κ1) is 21.3. The fourth-order valence-corrected chi connectivity index (χ4v) is 3.14. The zero-order chi connectivity index (χ0) is 21.5. The minimum atomic E-state index is -0.784. The zero-order valence-electron chi connectivity index (χ0n) is 17.2. The number of unbranched alkanes of at least 4 members (excludes halogenated alkanes) is 2. The molecular weight excluding hydrogens is 384 g/mol. The summed E-state index contributed by atoms with van der Waals surface area (Å²) in [6.45, 7) is 4.34. The van der Waals surface area contributed by atoms with Crippen LogP contribution in [-0.4, -0.2) is 27.6 Å². The number of rotatable bonds is 9. The molecule has 158 valence electrons. The van der Waals surface area contributed by atoms with Gasteiger partial charge in [0.1, 0.15) is 11.8 Å². The maximum atomic E-state index is 12.9. The van der Waals surface area contributed by atoms with E-state index in [1.54, 1.807) is 43.3 Å². The Morgan fingerprint density at radius 1 is 1.13 bits per heavy atom. The van der Waals surface area contributed by atoms with Crippen molar-refractivity contribution in [2.24, 2.45) is 0 Å². The van der Waals surface area contributed by atoms with Crippen molar-refractivity contribution in [3.05, 3.63) is 64.5 Å². The smallest absolute Gasteiger partial charge is 0.274 e. The molecule has 1 atom stereocenters. The molecule has 0 aliphatic carbocycles. The Morgan fingerprint density at radius 3 is 2.60 bits per heavy atom. The quantitative estimate of drug-likeness (QED) is 0.528. The van der Waals surface area contributed by atoms with E-state index in [1.807, 2.05) is 0 Å². The van der Waals surface area contributed by atoms with Gasteiger partial charge >= 0.3 is 0 Å². The van der Waals surface area contributed by atoms with Gasteiger partial charge in [0.15, 0.2) is 5.69 Å². The molecule has 1 aromatic carbocycles. The fourth-order valence-electron chi connectivity index (χ4n) is 3.14. The second-order valence-electron chi connectivity index (χ2n) is 7.12. The van der Waals surface area contributed by atoms with E-state index in [9.17, 15) is 14.4 Å². The SMILES string of the molecule is CCCCCn1nc(C(=O)NC(C)C(=O)NCc2ccco2)c2ccccc2c1=O. The van der Waals surface area contributed by atoms with Gasteiger partial charge in [-0.05, 0) is 31.5 Å². The van der Waals surface area contributed by atoms with E-state index in [2.05, 4.69) is 22.7 Å². The molecule has 0 saturated heterocycles. The molecule has 2 amide bonds. The highest BCUT2D eigenvalue weighted by Gasteiger charge is 2.21. The van der Waals surface area contributed by atoms with E-state index in [-0.39, 0.29) is 23.7 Å². The molecule has 8 nitrogen and oxygen atoms in total. The predicted molar refractivity (Wildman–Crippen MR) is 113 cm³/mol. The largest absolute Gasteiger partial charge is 0.467 e. The van der Waals surface area contributed by atoms with Gasteiger partial charge in [0.2, 0.25) is 5.91 Å². The maximum absolute atomic E-state index is 12.9. The summed E-state index contributed by atoms with van der Waals surface area (Å²) in [5.74, 6) is -0.231. The van der Waals surface area contributed by atoms with Crippen molar-refractivity contribution in [2.45, 2.75) is 52.2 Å². The summed E-state index contributed by atoms with van der Waals surface area (Å²) in [6, 6.07) is 9.59. The first-order valence-electron chi connectivity index (χ1n) is 10.1. The predicted octanol–water partition coefficient (Wildman–Crippen LogP) is 2.61. The number of furan rings is 1. The van der Waals surface area contributed by atoms with E-state index in [0.717, 1.165) is 19.3 Å². The van der Waals surface area contributed by atoms with Crippen LogP contribution in [0.2, 0.25) is 0 Å². The van der Waals surface area contributed by atoms with Crippen molar-refractivity contribution in [3.8, 4) is 0 Å². The van der Waals surface area contributed by atoms with Crippen molar-refractivity contribution >= 4 is 22.6 Å². The molecule has 0 spiro atoms. The average molecular weight is 410 g/mol. The standard InChI is InChI=1S/C22H26N4O4/c1-3-4-7-12-26-22(29)18-11-6-5-10-17(18)19(25-26)21(28)24-15(2)20(27)23-14-16-9-8-13-30-16/h5-6,8-11,13,15H,3-4,7,12,14H2,1-2H3,(H,23,27)(H,24,28). The third-order valence-electron chi connectivity index (χ3n) is 4.81. The lowest BCUT2D eigenvalue weighted by molar-refractivity contribution is -0.122. The molecule has 1 unspecified atom stereocenters. The van der Waals surface area contributed by atoms with Gasteiger partial charge in [-0.25, -0.2) is 4.68 Å². The summed E-state index contributed by atoms with van der Waals surface area (Å²) in [4.78, 5) is 38.0. The van der Waals surface area contributed by atoms with Gasteiger partial charge in [0.25, 0.3) is 11.5 Å². The van der Waals surface area contributed by atoms with Crippen LogP contribution in [0.25, 0.3) is 10.8 Å². The van der Waals surface area contributed by atoms with Crippen LogP contribution in [0.5, 0.6) is 0 Å². The molecule has 8 heteroatoms. The van der Waals surface area contributed by atoms with Gasteiger partial charge in [0, 0.05) is 11.9 Å². The number of aryl methyl sites for hydroxylation is 1. The van der Waals surface area contributed by atoms with E-state index in [4.69, 9.17) is 4.42 Å². The molecule has 0 fully saturated rings. The minimum Gasteiger partial charge on any atom is -0.467 e. The van der Waals surface area contributed by atoms with Gasteiger partial charge in [-0.2, -0.15) is 5.10 Å². The van der Waals surface area contributed by atoms with Gasteiger partial charge in [-0.3, -0.25) is 14.4 Å². The molecule has 2 heterocycles. The summed E-state index contributed by atoms with van der Waals surface area (Å²) < 4.78 is 6.52. The number of aromatic nitrogens is 2. The van der Waals surface area contributed by atoms with E-state index < -0.39 is 11.9 Å². The van der Waals surface area contributed by atoms with E-state index in [1.165, 1.54) is 10.9 Å². The lowest BCUT2D eigenvalue weighted by atomic mass is 10.1. The summed E-state index contributed by atoms with van der Waals surface area (Å²) in [6.07, 6.45) is 4.31. The minimum absolute atomic E-state index is 0.132. The second-order valence-corrected chi connectivity index (χ2v) is 7.12. The normalized spacial score (nSPS) is 11.9. The molecule has 30 heavy (non-hydrogen) atoms. The number of carbonyl (C=O) groups is 2. The number of fused-ring (bicyclic) bond motifs is 1. The number of hydrogen-bond donors (Lipinski definition) is 2. The van der Waals surface area contributed by atoms with Crippen LogP contribution in [0.3, 0.4) is 0 Å². The topological polar surface area (TPSA) is 106 Å². The molecule has 0 aliphatic rings. The number of nitrogens with zero attached hydrogens (tertiary/aromatic N) is 2. The molecule has 2 N–H and O–H groups in total. The third kappa shape index (κ3) is 4.94. The number of benzene rings is 1. The Kier molecular flexibility index (Phi) is 7.00. The molecule has 0 aliphatic heterocycles. The fraction of sp³-hybridized carbons (Fsp3) is 0.364. The molecule has 0 radical (unpaired) electrons. The van der Waals surface area contributed by atoms with Gasteiger partial charge in [-0.1, -0.05) is 38.0 Å². The van der Waals surface area contributed by atoms with Crippen LogP contribution in [0.15, 0.2) is 51.9 Å². The van der Waals surface area contributed by atoms with Crippen LogP contribution in [-0.2, 0) is 17.9 Å². The van der Waals surface area contributed by atoms with Crippen molar-refractivity contribution < 1.29 is 14.0 Å². The van der Waals surface area contributed by atoms with Crippen molar-refractivity contribution in [3.63, 3.8) is 0 Å². The van der Waals surface area contributed by atoms with Gasteiger partial charge in [0.05, 0.1) is 18.2 Å². The van der Waals surface area contributed by atoms with Gasteiger partial charge in [-0.15, -0.1) is 0 Å². The maximum Gasteiger partial charge on any atom is 0.274 e. The summed E-state index contributed by atoms with van der Waals surface area (Å²) in [7, 11) is 0. The lowest BCUT2D eigenvalue weighted by Gasteiger charge is -2.15. The van der Waals surface area contributed by atoms with Crippen LogP contribution < -0.4 is 16.2 Å². The van der Waals surface area contributed by atoms with E-state index in [0.29, 0.717) is 23.1 Å². The van der Waals surface area contributed by atoms with Crippen molar-refractivity contribution in [2.75, 3.05) is 0 Å². The number of hydrogen-bond acceptors (Lipinski definition) is 5. The highest BCUT2D eigenvalue weighted by Crippen LogP contribution is 2.14. The molecule has 2 aromatic heterocycles. The van der Waals surface area contributed by atoms with Crippen LogP contribution in [0.1, 0.15) is 49.4 Å². The molecule has 3 aromatic rings. The summed E-state index contributed by atoms with van der Waals surface area (Å²) in [5.41, 5.74) is -0.0881. The summed E-state index contributed by atoms with van der Waals surface area (Å²) in [5, 5.41) is 10.6. The number of amides is 2. The highest BCUT2D eigenvalue weighted by molar-refractivity contribution is 6.06. The zero-order valence-corrected chi connectivity index (χ0v) is 17.2. The Balaban J connectivity index is 1.78. The lowest BCUT2D eigenvalue weighted by Crippen LogP contribution is -2.45. The summed E-state index contributed by atoms with van der Waals surface area (Å²) >= 11 is 0. The van der Waals surface area contributed by atoms with Gasteiger partial charge < -0.3 is 15.1 Å².